The number of anilines is 1. The first-order valence-corrected chi connectivity index (χ1v) is 8.74. The number of aromatic nitrogens is 2. The van der Waals surface area contributed by atoms with E-state index in [1.807, 2.05) is 37.2 Å². The van der Waals surface area contributed by atoms with Crippen LogP contribution in [-0.4, -0.2) is 33.9 Å². The molecule has 0 aromatic carbocycles. The summed E-state index contributed by atoms with van der Waals surface area (Å²) in [5, 5.41) is 3.18. The maximum absolute atomic E-state index is 13.3. The highest BCUT2D eigenvalue weighted by atomic mass is 19.3. The van der Waals surface area contributed by atoms with Crippen LogP contribution in [0.15, 0.2) is 49.0 Å². The number of alkyl halides is 2. The number of allylic oxidation sites excluding steroid dienone is 4. The predicted molar refractivity (Wildman–Crippen MR) is 101 cm³/mol. The van der Waals surface area contributed by atoms with Crippen LogP contribution in [0.25, 0.3) is 5.57 Å². The second-order valence-electron chi connectivity index (χ2n) is 6.97. The van der Waals surface area contributed by atoms with Crippen molar-refractivity contribution in [2.24, 2.45) is 0 Å². The standard InChI is InChI=1S/C20H24F2N4/c1-13-5-6-16(12-26(13)4)14(2)18-11-23-19(24-15(18)3)25-17-7-9-20(21,22)10-8-17/h5-6,11-12,17H,1-2,7-10H2,3-4H3,(H,23,24,25). The number of likely N-dealkylation sites (N-methyl/N-ethyl adjacent to an activating group) is 1. The lowest BCUT2D eigenvalue weighted by molar-refractivity contribution is -0.0361. The summed E-state index contributed by atoms with van der Waals surface area (Å²) in [5.74, 6) is -2.05. The molecule has 138 valence electrons. The van der Waals surface area contributed by atoms with E-state index in [1.165, 1.54) is 0 Å². The second kappa shape index (κ2) is 7.02. The summed E-state index contributed by atoms with van der Waals surface area (Å²) in [6.45, 7) is 10.0. The third-order valence-corrected chi connectivity index (χ3v) is 4.94. The van der Waals surface area contributed by atoms with Gasteiger partial charge in [-0.2, -0.15) is 0 Å². The van der Waals surface area contributed by atoms with Crippen molar-refractivity contribution in [1.82, 2.24) is 14.9 Å². The van der Waals surface area contributed by atoms with E-state index in [0.717, 1.165) is 28.1 Å². The molecule has 0 atom stereocenters. The summed E-state index contributed by atoms with van der Waals surface area (Å²) in [6.07, 6.45) is 8.30. The quantitative estimate of drug-likeness (QED) is 0.848. The highest BCUT2D eigenvalue weighted by molar-refractivity contribution is 5.81. The first kappa shape index (κ1) is 18.3. The Morgan fingerprint density at radius 1 is 1.31 bits per heavy atom. The van der Waals surface area contributed by atoms with Crippen LogP contribution < -0.4 is 5.32 Å². The maximum atomic E-state index is 13.3. The van der Waals surface area contributed by atoms with Crippen LogP contribution in [0.5, 0.6) is 0 Å². The van der Waals surface area contributed by atoms with Gasteiger partial charge in [-0.15, -0.1) is 0 Å². The average molecular weight is 358 g/mol. The van der Waals surface area contributed by atoms with Crippen molar-refractivity contribution < 1.29 is 8.78 Å². The van der Waals surface area contributed by atoms with Gasteiger partial charge in [0, 0.05) is 49.6 Å². The van der Waals surface area contributed by atoms with Crippen LogP contribution in [0.4, 0.5) is 14.7 Å². The number of hydrogen-bond donors (Lipinski definition) is 1. The lowest BCUT2D eigenvalue weighted by Crippen LogP contribution is -2.32. The minimum atomic E-state index is -2.53. The largest absolute Gasteiger partial charge is 0.351 e. The molecule has 26 heavy (non-hydrogen) atoms. The van der Waals surface area contributed by atoms with E-state index in [2.05, 4.69) is 28.4 Å². The molecule has 1 fully saturated rings. The van der Waals surface area contributed by atoms with E-state index in [4.69, 9.17) is 0 Å². The van der Waals surface area contributed by atoms with E-state index in [1.54, 1.807) is 6.20 Å². The van der Waals surface area contributed by atoms with E-state index in [9.17, 15) is 8.78 Å². The van der Waals surface area contributed by atoms with Crippen LogP contribution in [0.1, 0.15) is 36.9 Å². The van der Waals surface area contributed by atoms with Crippen molar-refractivity contribution in [2.45, 2.75) is 44.6 Å². The summed E-state index contributed by atoms with van der Waals surface area (Å²) >= 11 is 0. The molecule has 0 unspecified atom stereocenters. The molecule has 1 saturated carbocycles. The van der Waals surface area contributed by atoms with Gasteiger partial charge >= 0.3 is 0 Å². The van der Waals surface area contributed by atoms with E-state index >= 15 is 0 Å². The van der Waals surface area contributed by atoms with Crippen LogP contribution >= 0.6 is 0 Å². The fraction of sp³-hybridized carbons (Fsp3) is 0.400. The topological polar surface area (TPSA) is 41.1 Å². The number of nitrogens with zero attached hydrogens (tertiary/aromatic N) is 3. The monoisotopic (exact) mass is 358 g/mol. The van der Waals surface area contributed by atoms with Gasteiger partial charge in [-0.3, -0.25) is 0 Å². The molecule has 1 aliphatic heterocycles. The fourth-order valence-electron chi connectivity index (χ4n) is 3.17. The summed E-state index contributed by atoms with van der Waals surface area (Å²) in [4.78, 5) is 10.8. The van der Waals surface area contributed by atoms with Gasteiger partial charge in [0.25, 0.3) is 0 Å². The molecule has 0 spiro atoms. The van der Waals surface area contributed by atoms with Gasteiger partial charge < -0.3 is 10.2 Å². The minimum absolute atomic E-state index is 0.00766. The zero-order valence-electron chi connectivity index (χ0n) is 15.2. The van der Waals surface area contributed by atoms with Crippen LogP contribution in [-0.2, 0) is 0 Å². The van der Waals surface area contributed by atoms with E-state index in [-0.39, 0.29) is 18.9 Å². The Hall–Kier alpha value is -2.50. The van der Waals surface area contributed by atoms with Crippen molar-refractivity contribution in [3.63, 3.8) is 0 Å². The fourth-order valence-corrected chi connectivity index (χ4v) is 3.17. The van der Waals surface area contributed by atoms with Gasteiger partial charge in [0.1, 0.15) is 0 Å². The number of halogens is 2. The van der Waals surface area contributed by atoms with Crippen LogP contribution in [0.3, 0.4) is 0 Å². The Morgan fingerprint density at radius 2 is 2.00 bits per heavy atom. The molecule has 3 rings (SSSR count). The molecule has 2 heterocycles. The Labute approximate surface area is 153 Å². The molecule has 0 radical (unpaired) electrons. The molecule has 0 saturated heterocycles. The first-order valence-electron chi connectivity index (χ1n) is 8.74. The van der Waals surface area contributed by atoms with E-state index < -0.39 is 5.92 Å². The molecule has 0 bridgehead atoms. The molecule has 1 aliphatic carbocycles. The van der Waals surface area contributed by atoms with Gasteiger partial charge in [0.2, 0.25) is 11.9 Å². The molecule has 4 nitrogen and oxygen atoms in total. The smallest absolute Gasteiger partial charge is 0.248 e. The minimum Gasteiger partial charge on any atom is -0.351 e. The Balaban J connectivity index is 1.70. The van der Waals surface area contributed by atoms with Crippen LogP contribution in [0, 0.1) is 6.92 Å². The van der Waals surface area contributed by atoms with Crippen molar-refractivity contribution in [2.75, 3.05) is 12.4 Å². The number of nitrogens with one attached hydrogen (secondary N) is 1. The number of hydrogen-bond acceptors (Lipinski definition) is 4. The average Bonchev–Trinajstić information content (AvgIpc) is 2.59. The van der Waals surface area contributed by atoms with Gasteiger partial charge in [0.15, 0.2) is 0 Å². The Kier molecular flexibility index (Phi) is 4.94. The molecule has 2 aliphatic rings. The summed E-state index contributed by atoms with van der Waals surface area (Å²) in [7, 11) is 1.93. The number of rotatable bonds is 4. The normalized spacial score (nSPS) is 20.1. The molecule has 1 aromatic heterocycles. The maximum Gasteiger partial charge on any atom is 0.248 e. The van der Waals surface area contributed by atoms with Gasteiger partial charge in [-0.25, -0.2) is 18.7 Å². The van der Waals surface area contributed by atoms with Gasteiger partial charge in [-0.05, 0) is 37.0 Å². The summed E-state index contributed by atoms with van der Waals surface area (Å²) in [6, 6.07) is -0.00766. The highest BCUT2D eigenvalue weighted by Crippen LogP contribution is 2.34. The van der Waals surface area contributed by atoms with Crippen molar-refractivity contribution in [3.05, 3.63) is 60.2 Å². The summed E-state index contributed by atoms with van der Waals surface area (Å²) in [5.41, 5.74) is 4.38. The van der Waals surface area contributed by atoms with Gasteiger partial charge in [0.05, 0.1) is 5.69 Å². The Morgan fingerprint density at radius 3 is 2.62 bits per heavy atom. The molecular weight excluding hydrogens is 334 g/mol. The van der Waals surface area contributed by atoms with Gasteiger partial charge in [-0.1, -0.05) is 19.2 Å². The lowest BCUT2D eigenvalue weighted by atomic mass is 9.92. The second-order valence-corrected chi connectivity index (χ2v) is 6.97. The van der Waals surface area contributed by atoms with Crippen molar-refractivity contribution in [1.29, 1.82) is 0 Å². The van der Waals surface area contributed by atoms with Crippen molar-refractivity contribution in [3.8, 4) is 0 Å². The predicted octanol–water partition coefficient (Wildman–Crippen LogP) is 4.69. The number of aryl methyl sites for hydroxylation is 1. The zero-order valence-corrected chi connectivity index (χ0v) is 15.2. The van der Waals surface area contributed by atoms with Crippen molar-refractivity contribution >= 4 is 11.5 Å². The summed E-state index contributed by atoms with van der Waals surface area (Å²) < 4.78 is 26.5. The molecular formula is C20H24F2N4. The molecule has 1 N–H and O–H groups in total. The lowest BCUT2D eigenvalue weighted by Gasteiger charge is -2.28. The third-order valence-electron chi connectivity index (χ3n) is 4.94. The zero-order chi connectivity index (χ0) is 18.9. The van der Waals surface area contributed by atoms with Crippen LogP contribution in [0.2, 0.25) is 0 Å². The molecule has 1 aromatic rings. The third kappa shape index (κ3) is 4.00. The molecule has 0 amide bonds. The SMILES string of the molecule is C=C(C1=CN(C)C(=C)C=C1)c1cnc(NC2CCC(F)(F)CC2)nc1C. The first-order chi connectivity index (χ1) is 12.2. The molecule has 6 heteroatoms. The Bertz CT molecular complexity index is 785. The highest BCUT2D eigenvalue weighted by Gasteiger charge is 2.35. The van der Waals surface area contributed by atoms with E-state index in [0.29, 0.717) is 18.8 Å².